The molecule has 0 unspecified atom stereocenters. The molecule has 18 heavy (non-hydrogen) atoms. The summed E-state index contributed by atoms with van der Waals surface area (Å²) >= 11 is 0. The minimum absolute atomic E-state index is 0.302. The standard InChI is InChI=1S/C12H14N4O2/c1-9-13-11(15-14-9)8-16(2)12(17)18-10-6-4-3-5-7-10/h3-7H,8H2,1-2H3,(H,13,14,15). The van der Waals surface area contributed by atoms with E-state index in [9.17, 15) is 4.79 Å². The van der Waals surface area contributed by atoms with Gasteiger partial charge in [-0.2, -0.15) is 5.10 Å². The number of aromatic nitrogens is 3. The van der Waals surface area contributed by atoms with Crippen molar-refractivity contribution in [1.29, 1.82) is 0 Å². The number of ether oxygens (including phenoxy) is 1. The zero-order valence-corrected chi connectivity index (χ0v) is 10.3. The first-order chi connectivity index (χ1) is 8.65. The average Bonchev–Trinajstić information content (AvgIpc) is 2.76. The van der Waals surface area contributed by atoms with Gasteiger partial charge >= 0.3 is 6.09 Å². The van der Waals surface area contributed by atoms with Crippen molar-refractivity contribution in [2.24, 2.45) is 0 Å². The summed E-state index contributed by atoms with van der Waals surface area (Å²) in [6.07, 6.45) is -0.441. The summed E-state index contributed by atoms with van der Waals surface area (Å²) in [5.74, 6) is 1.79. The van der Waals surface area contributed by atoms with E-state index in [1.165, 1.54) is 4.90 Å². The highest BCUT2D eigenvalue weighted by molar-refractivity contribution is 5.70. The minimum Gasteiger partial charge on any atom is -0.410 e. The number of H-pyrrole nitrogens is 1. The van der Waals surface area contributed by atoms with Gasteiger partial charge in [0.2, 0.25) is 0 Å². The van der Waals surface area contributed by atoms with Gasteiger partial charge in [0.15, 0.2) is 5.82 Å². The van der Waals surface area contributed by atoms with E-state index >= 15 is 0 Å². The number of hydrogen-bond donors (Lipinski definition) is 1. The molecule has 0 radical (unpaired) electrons. The van der Waals surface area contributed by atoms with Crippen LogP contribution < -0.4 is 4.74 Å². The van der Waals surface area contributed by atoms with Gasteiger partial charge < -0.3 is 9.64 Å². The Bertz CT molecular complexity index is 524. The third-order valence-corrected chi connectivity index (χ3v) is 2.28. The summed E-state index contributed by atoms with van der Waals surface area (Å²) in [6.45, 7) is 2.11. The highest BCUT2D eigenvalue weighted by Crippen LogP contribution is 2.10. The van der Waals surface area contributed by atoms with E-state index in [-0.39, 0.29) is 0 Å². The molecule has 2 aromatic rings. The Morgan fingerprint density at radius 3 is 2.72 bits per heavy atom. The first kappa shape index (κ1) is 12.1. The minimum atomic E-state index is -0.441. The van der Waals surface area contributed by atoms with Crippen molar-refractivity contribution < 1.29 is 9.53 Å². The predicted molar refractivity (Wildman–Crippen MR) is 65.1 cm³/mol. The van der Waals surface area contributed by atoms with Crippen LogP contribution in [0, 0.1) is 6.92 Å². The maximum absolute atomic E-state index is 11.8. The maximum atomic E-state index is 11.8. The van der Waals surface area contributed by atoms with Crippen LogP contribution in [0.15, 0.2) is 30.3 Å². The highest BCUT2D eigenvalue weighted by atomic mass is 16.6. The first-order valence-electron chi connectivity index (χ1n) is 5.51. The van der Waals surface area contributed by atoms with E-state index < -0.39 is 6.09 Å². The summed E-state index contributed by atoms with van der Waals surface area (Å²) in [5, 5.41) is 6.68. The average molecular weight is 246 g/mol. The summed E-state index contributed by atoms with van der Waals surface area (Å²) in [6, 6.07) is 8.92. The quantitative estimate of drug-likeness (QED) is 0.895. The lowest BCUT2D eigenvalue weighted by Gasteiger charge is -2.14. The molecule has 1 N–H and O–H groups in total. The van der Waals surface area contributed by atoms with Gasteiger partial charge in [0.1, 0.15) is 11.6 Å². The van der Waals surface area contributed by atoms with Crippen molar-refractivity contribution in [1.82, 2.24) is 20.1 Å². The normalized spacial score (nSPS) is 10.1. The zero-order valence-electron chi connectivity index (χ0n) is 10.3. The molecule has 0 bridgehead atoms. The SMILES string of the molecule is Cc1nc(CN(C)C(=O)Oc2ccccc2)n[nH]1. The second kappa shape index (κ2) is 5.31. The second-order valence-electron chi connectivity index (χ2n) is 3.87. The van der Waals surface area contributed by atoms with Crippen LogP contribution >= 0.6 is 0 Å². The van der Waals surface area contributed by atoms with Gasteiger partial charge in [0, 0.05) is 7.05 Å². The molecular formula is C12H14N4O2. The number of aryl methyl sites for hydroxylation is 1. The van der Waals surface area contributed by atoms with Gasteiger partial charge in [-0.3, -0.25) is 5.10 Å². The first-order valence-corrected chi connectivity index (χ1v) is 5.51. The summed E-state index contributed by atoms with van der Waals surface area (Å²) in [5.41, 5.74) is 0. The maximum Gasteiger partial charge on any atom is 0.415 e. The molecule has 0 saturated carbocycles. The smallest absolute Gasteiger partial charge is 0.410 e. The van der Waals surface area contributed by atoms with Gasteiger partial charge in [-0.05, 0) is 19.1 Å². The number of rotatable bonds is 3. The van der Waals surface area contributed by atoms with Crippen LogP contribution in [-0.2, 0) is 6.54 Å². The van der Waals surface area contributed by atoms with Crippen molar-refractivity contribution in [2.75, 3.05) is 7.05 Å². The third kappa shape index (κ3) is 3.07. The third-order valence-electron chi connectivity index (χ3n) is 2.28. The monoisotopic (exact) mass is 246 g/mol. The van der Waals surface area contributed by atoms with E-state index in [1.54, 1.807) is 38.2 Å². The van der Waals surface area contributed by atoms with E-state index in [0.29, 0.717) is 18.1 Å². The van der Waals surface area contributed by atoms with Crippen molar-refractivity contribution in [3.05, 3.63) is 42.0 Å². The second-order valence-corrected chi connectivity index (χ2v) is 3.87. The van der Waals surface area contributed by atoms with Gasteiger partial charge in [-0.15, -0.1) is 0 Å². The van der Waals surface area contributed by atoms with Crippen molar-refractivity contribution >= 4 is 6.09 Å². The summed E-state index contributed by atoms with van der Waals surface area (Å²) < 4.78 is 5.18. The van der Waals surface area contributed by atoms with E-state index in [1.807, 2.05) is 6.07 Å². The molecule has 0 spiro atoms. The molecule has 0 aliphatic rings. The highest BCUT2D eigenvalue weighted by Gasteiger charge is 2.13. The fourth-order valence-corrected chi connectivity index (χ4v) is 1.40. The molecular weight excluding hydrogens is 232 g/mol. The van der Waals surface area contributed by atoms with Crippen LogP contribution in [0.3, 0.4) is 0 Å². The molecule has 6 nitrogen and oxygen atoms in total. The molecule has 94 valence electrons. The Morgan fingerprint density at radius 1 is 1.39 bits per heavy atom. The van der Waals surface area contributed by atoms with Crippen LogP contribution in [0.4, 0.5) is 4.79 Å². The number of amides is 1. The Kier molecular flexibility index (Phi) is 3.57. The van der Waals surface area contributed by atoms with Crippen molar-refractivity contribution in [3.63, 3.8) is 0 Å². The summed E-state index contributed by atoms with van der Waals surface area (Å²) in [7, 11) is 1.64. The Morgan fingerprint density at radius 2 is 2.11 bits per heavy atom. The van der Waals surface area contributed by atoms with E-state index in [0.717, 1.165) is 5.82 Å². The topological polar surface area (TPSA) is 71.1 Å². The molecule has 0 aliphatic carbocycles. The van der Waals surface area contributed by atoms with E-state index in [2.05, 4.69) is 15.2 Å². The van der Waals surface area contributed by atoms with Gasteiger partial charge in [-0.1, -0.05) is 18.2 Å². The van der Waals surface area contributed by atoms with Crippen LogP contribution in [-0.4, -0.2) is 33.2 Å². The Hall–Kier alpha value is -2.37. The Balaban J connectivity index is 1.93. The molecule has 1 amide bonds. The van der Waals surface area contributed by atoms with E-state index in [4.69, 9.17) is 4.74 Å². The van der Waals surface area contributed by atoms with Gasteiger partial charge in [-0.25, -0.2) is 9.78 Å². The molecule has 0 saturated heterocycles. The number of nitrogens with one attached hydrogen (secondary N) is 1. The van der Waals surface area contributed by atoms with Crippen LogP contribution in [0.25, 0.3) is 0 Å². The molecule has 0 fully saturated rings. The van der Waals surface area contributed by atoms with Crippen molar-refractivity contribution in [2.45, 2.75) is 13.5 Å². The number of hydrogen-bond acceptors (Lipinski definition) is 4. The molecule has 1 heterocycles. The van der Waals surface area contributed by atoms with Crippen molar-refractivity contribution in [3.8, 4) is 5.75 Å². The van der Waals surface area contributed by atoms with Gasteiger partial charge in [0.25, 0.3) is 0 Å². The number of benzene rings is 1. The molecule has 1 aromatic heterocycles. The van der Waals surface area contributed by atoms with Crippen LogP contribution in [0.1, 0.15) is 11.6 Å². The molecule has 2 rings (SSSR count). The predicted octanol–water partition coefficient (Wildman–Crippen LogP) is 1.74. The lowest BCUT2D eigenvalue weighted by molar-refractivity contribution is 0.159. The summed E-state index contributed by atoms with van der Waals surface area (Å²) in [4.78, 5) is 17.3. The van der Waals surface area contributed by atoms with Crippen LogP contribution in [0.5, 0.6) is 5.75 Å². The number of carbonyl (C=O) groups excluding carboxylic acids is 1. The Labute approximate surface area is 105 Å². The fourth-order valence-electron chi connectivity index (χ4n) is 1.40. The molecule has 6 heteroatoms. The lowest BCUT2D eigenvalue weighted by Crippen LogP contribution is -2.29. The zero-order chi connectivity index (χ0) is 13.0. The fraction of sp³-hybridized carbons (Fsp3) is 0.250. The van der Waals surface area contributed by atoms with Crippen LogP contribution in [0.2, 0.25) is 0 Å². The largest absolute Gasteiger partial charge is 0.415 e. The molecule has 0 atom stereocenters. The number of nitrogens with zero attached hydrogens (tertiary/aromatic N) is 3. The van der Waals surface area contributed by atoms with Gasteiger partial charge in [0.05, 0.1) is 6.54 Å². The molecule has 1 aromatic carbocycles. The lowest BCUT2D eigenvalue weighted by atomic mass is 10.3. The molecule has 0 aliphatic heterocycles. The number of para-hydroxylation sites is 1. The number of aromatic amines is 1. The number of carbonyl (C=O) groups is 1.